The molecule has 1 amide bonds. The van der Waals surface area contributed by atoms with Crippen LogP contribution < -0.4 is 10.1 Å². The molecule has 0 radical (unpaired) electrons. The zero-order chi connectivity index (χ0) is 20.1. The standard InChI is InChI=1S/C20H20N6O3/c1-28-16-6-2-5-14(11-16)19-24-18(29-25-19)8-3-7-17(27)22-12-15-13-23-26-10-4-9-21-20(15)26/h2,4-6,9-11,13H,3,7-8,12H2,1H3,(H,22,27). The third-order valence-electron chi connectivity index (χ3n) is 4.42. The minimum absolute atomic E-state index is 0.0483. The second-order valence-electron chi connectivity index (χ2n) is 6.43. The van der Waals surface area contributed by atoms with Crippen LogP contribution in [0.1, 0.15) is 24.3 Å². The van der Waals surface area contributed by atoms with Crippen LogP contribution in [0.2, 0.25) is 0 Å². The lowest BCUT2D eigenvalue weighted by atomic mass is 10.2. The van der Waals surface area contributed by atoms with E-state index in [2.05, 4.69) is 25.5 Å². The van der Waals surface area contributed by atoms with Gasteiger partial charge < -0.3 is 14.6 Å². The van der Waals surface area contributed by atoms with E-state index in [0.717, 1.165) is 22.5 Å². The Bertz CT molecular complexity index is 1120. The Labute approximate surface area is 166 Å². The molecule has 1 N–H and O–H groups in total. The number of hydrogen-bond acceptors (Lipinski definition) is 7. The maximum Gasteiger partial charge on any atom is 0.226 e. The average molecular weight is 392 g/mol. The summed E-state index contributed by atoms with van der Waals surface area (Å²) >= 11 is 0. The molecule has 9 heteroatoms. The molecular weight excluding hydrogens is 372 g/mol. The van der Waals surface area contributed by atoms with Crippen LogP contribution in [0.3, 0.4) is 0 Å². The van der Waals surface area contributed by atoms with Gasteiger partial charge >= 0.3 is 0 Å². The van der Waals surface area contributed by atoms with Crippen molar-refractivity contribution in [3.8, 4) is 17.1 Å². The predicted octanol–water partition coefficient (Wildman–Crippen LogP) is 2.43. The first kappa shape index (κ1) is 18.6. The Morgan fingerprint density at radius 2 is 2.24 bits per heavy atom. The molecule has 0 fully saturated rings. The number of aromatic nitrogens is 5. The Balaban J connectivity index is 1.26. The van der Waals surface area contributed by atoms with E-state index in [1.165, 1.54) is 0 Å². The van der Waals surface area contributed by atoms with Gasteiger partial charge in [-0.25, -0.2) is 9.50 Å². The molecule has 0 bridgehead atoms. The van der Waals surface area contributed by atoms with E-state index in [1.807, 2.05) is 30.5 Å². The number of methoxy groups -OCH3 is 1. The lowest BCUT2D eigenvalue weighted by Gasteiger charge is -2.03. The molecular formula is C20H20N6O3. The van der Waals surface area contributed by atoms with Gasteiger partial charge in [-0.15, -0.1) is 0 Å². The van der Waals surface area contributed by atoms with Gasteiger partial charge in [0.15, 0.2) is 5.65 Å². The number of nitrogens with one attached hydrogen (secondary N) is 1. The summed E-state index contributed by atoms with van der Waals surface area (Å²) in [6.07, 6.45) is 6.73. The number of hydrogen-bond donors (Lipinski definition) is 1. The van der Waals surface area contributed by atoms with E-state index in [9.17, 15) is 4.79 Å². The lowest BCUT2D eigenvalue weighted by Crippen LogP contribution is -2.22. The van der Waals surface area contributed by atoms with Crippen LogP contribution in [0.15, 0.2) is 53.4 Å². The number of carbonyl (C=O) groups excluding carboxylic acids is 1. The molecule has 3 aromatic heterocycles. The first-order valence-electron chi connectivity index (χ1n) is 9.24. The van der Waals surface area contributed by atoms with Crippen molar-refractivity contribution >= 4 is 11.6 Å². The van der Waals surface area contributed by atoms with Gasteiger partial charge in [-0.1, -0.05) is 17.3 Å². The molecule has 0 aliphatic carbocycles. The Morgan fingerprint density at radius 1 is 1.31 bits per heavy atom. The number of amides is 1. The summed E-state index contributed by atoms with van der Waals surface area (Å²) in [4.78, 5) is 20.8. The van der Waals surface area contributed by atoms with Crippen molar-refractivity contribution in [2.75, 3.05) is 7.11 Å². The molecule has 0 saturated carbocycles. The fraction of sp³-hybridized carbons (Fsp3) is 0.250. The summed E-state index contributed by atoms with van der Waals surface area (Å²) in [6.45, 7) is 0.389. The minimum atomic E-state index is -0.0483. The molecule has 0 aliphatic rings. The number of nitrogens with zero attached hydrogens (tertiary/aromatic N) is 5. The van der Waals surface area contributed by atoms with E-state index in [0.29, 0.717) is 37.5 Å². The second kappa shape index (κ2) is 8.51. The molecule has 1 aromatic carbocycles. The summed E-state index contributed by atoms with van der Waals surface area (Å²) in [5.74, 6) is 1.69. The maximum absolute atomic E-state index is 12.1. The summed E-state index contributed by atoms with van der Waals surface area (Å²) < 4.78 is 12.2. The van der Waals surface area contributed by atoms with Crippen molar-refractivity contribution in [2.24, 2.45) is 0 Å². The Hall–Kier alpha value is -3.75. The molecule has 0 saturated heterocycles. The Morgan fingerprint density at radius 3 is 3.14 bits per heavy atom. The topological polar surface area (TPSA) is 107 Å². The summed E-state index contributed by atoms with van der Waals surface area (Å²) in [5.41, 5.74) is 2.43. The highest BCUT2D eigenvalue weighted by Crippen LogP contribution is 2.21. The van der Waals surface area contributed by atoms with Crippen molar-refractivity contribution in [1.82, 2.24) is 30.1 Å². The fourth-order valence-electron chi connectivity index (χ4n) is 2.92. The van der Waals surface area contributed by atoms with Crippen LogP contribution in [0.25, 0.3) is 17.0 Å². The molecule has 0 atom stereocenters. The molecule has 0 spiro atoms. The zero-order valence-corrected chi connectivity index (χ0v) is 15.9. The van der Waals surface area contributed by atoms with Crippen molar-refractivity contribution in [2.45, 2.75) is 25.8 Å². The van der Waals surface area contributed by atoms with Gasteiger partial charge in [-0.05, 0) is 24.6 Å². The average Bonchev–Trinajstić information content (AvgIpc) is 3.39. The third kappa shape index (κ3) is 4.40. The zero-order valence-electron chi connectivity index (χ0n) is 15.9. The number of ether oxygens (including phenoxy) is 1. The normalized spacial score (nSPS) is 10.9. The SMILES string of the molecule is COc1cccc(-c2noc(CCCC(=O)NCc3cnn4cccnc34)n2)c1. The lowest BCUT2D eigenvalue weighted by molar-refractivity contribution is -0.121. The van der Waals surface area contributed by atoms with Crippen LogP contribution in [-0.4, -0.2) is 37.8 Å². The number of carbonyl (C=O) groups is 1. The van der Waals surface area contributed by atoms with Crippen molar-refractivity contribution in [3.05, 3.63) is 60.4 Å². The summed E-state index contributed by atoms with van der Waals surface area (Å²) in [7, 11) is 1.61. The predicted molar refractivity (Wildman–Crippen MR) is 104 cm³/mol. The second-order valence-corrected chi connectivity index (χ2v) is 6.43. The molecule has 9 nitrogen and oxygen atoms in total. The number of benzene rings is 1. The molecule has 3 heterocycles. The van der Waals surface area contributed by atoms with Crippen molar-refractivity contribution in [1.29, 1.82) is 0 Å². The maximum atomic E-state index is 12.1. The third-order valence-corrected chi connectivity index (χ3v) is 4.42. The van der Waals surface area contributed by atoms with Crippen LogP contribution in [0.5, 0.6) is 5.75 Å². The number of rotatable bonds is 8. The van der Waals surface area contributed by atoms with E-state index in [4.69, 9.17) is 9.26 Å². The molecule has 0 unspecified atom stereocenters. The van der Waals surface area contributed by atoms with E-state index >= 15 is 0 Å². The molecule has 4 rings (SSSR count). The first-order chi connectivity index (χ1) is 14.2. The van der Waals surface area contributed by atoms with Gasteiger partial charge in [-0.3, -0.25) is 4.79 Å². The largest absolute Gasteiger partial charge is 0.497 e. The highest BCUT2D eigenvalue weighted by molar-refractivity contribution is 5.76. The fourth-order valence-corrected chi connectivity index (χ4v) is 2.92. The van der Waals surface area contributed by atoms with Gasteiger partial charge in [0.25, 0.3) is 0 Å². The van der Waals surface area contributed by atoms with Gasteiger partial charge in [0.05, 0.1) is 13.3 Å². The van der Waals surface area contributed by atoms with Crippen LogP contribution in [-0.2, 0) is 17.8 Å². The number of aryl methyl sites for hydroxylation is 1. The van der Waals surface area contributed by atoms with Crippen LogP contribution >= 0.6 is 0 Å². The van der Waals surface area contributed by atoms with E-state index < -0.39 is 0 Å². The van der Waals surface area contributed by atoms with Crippen molar-refractivity contribution in [3.63, 3.8) is 0 Å². The Kier molecular flexibility index (Phi) is 5.46. The highest BCUT2D eigenvalue weighted by atomic mass is 16.5. The van der Waals surface area contributed by atoms with E-state index in [1.54, 1.807) is 30.1 Å². The van der Waals surface area contributed by atoms with Crippen LogP contribution in [0, 0.1) is 0 Å². The molecule has 148 valence electrons. The van der Waals surface area contributed by atoms with Gasteiger partial charge in [0.2, 0.25) is 17.6 Å². The van der Waals surface area contributed by atoms with E-state index in [-0.39, 0.29) is 5.91 Å². The first-order valence-corrected chi connectivity index (χ1v) is 9.24. The molecule has 0 aliphatic heterocycles. The summed E-state index contributed by atoms with van der Waals surface area (Å²) in [6, 6.07) is 9.26. The molecule has 29 heavy (non-hydrogen) atoms. The molecule has 4 aromatic rings. The van der Waals surface area contributed by atoms with Gasteiger partial charge in [0, 0.05) is 42.9 Å². The minimum Gasteiger partial charge on any atom is -0.497 e. The monoisotopic (exact) mass is 392 g/mol. The smallest absolute Gasteiger partial charge is 0.226 e. The van der Waals surface area contributed by atoms with Crippen LogP contribution in [0.4, 0.5) is 0 Å². The number of fused-ring (bicyclic) bond motifs is 1. The van der Waals surface area contributed by atoms with Crippen molar-refractivity contribution < 1.29 is 14.1 Å². The quantitative estimate of drug-likeness (QED) is 0.491. The van der Waals surface area contributed by atoms with Gasteiger partial charge in [0.1, 0.15) is 5.75 Å². The summed E-state index contributed by atoms with van der Waals surface area (Å²) in [5, 5.41) is 11.1. The van der Waals surface area contributed by atoms with Gasteiger partial charge in [-0.2, -0.15) is 10.1 Å². The highest BCUT2D eigenvalue weighted by Gasteiger charge is 2.11.